The van der Waals surface area contributed by atoms with E-state index in [1.165, 1.54) is 4.88 Å². The minimum absolute atomic E-state index is 0.567. The van der Waals surface area contributed by atoms with Crippen molar-refractivity contribution in [2.45, 2.75) is 26.9 Å². The van der Waals surface area contributed by atoms with Gasteiger partial charge in [0.05, 0.1) is 23.8 Å². The van der Waals surface area contributed by atoms with Gasteiger partial charge in [0, 0.05) is 23.8 Å². The van der Waals surface area contributed by atoms with Crippen LogP contribution >= 0.6 is 11.3 Å². The lowest BCUT2D eigenvalue weighted by atomic mass is 10.3. The molecule has 0 aliphatic heterocycles. The van der Waals surface area contributed by atoms with Crippen LogP contribution in [0.5, 0.6) is 0 Å². The first-order chi connectivity index (χ1) is 9.78. The lowest BCUT2D eigenvalue weighted by Crippen LogP contribution is -2.36. The third kappa shape index (κ3) is 4.62. The molecule has 2 aromatic heterocycles. The Labute approximate surface area is 123 Å². The summed E-state index contributed by atoms with van der Waals surface area (Å²) in [6, 6.07) is 5.85. The Kier molecular flexibility index (Phi) is 5.49. The van der Waals surface area contributed by atoms with Crippen LogP contribution in [-0.4, -0.2) is 22.5 Å². The third-order valence-corrected chi connectivity index (χ3v) is 3.48. The Morgan fingerprint density at radius 2 is 2.20 bits per heavy atom. The summed E-state index contributed by atoms with van der Waals surface area (Å²) in [5.41, 5.74) is 0.957. The van der Waals surface area contributed by atoms with Gasteiger partial charge in [-0.2, -0.15) is 0 Å². The van der Waals surface area contributed by atoms with E-state index >= 15 is 0 Å². The molecule has 0 aromatic carbocycles. The third-order valence-electron chi connectivity index (χ3n) is 2.57. The minimum Gasteiger partial charge on any atom is -0.357 e. The molecule has 0 atom stereocenters. The molecular weight excluding hydrogens is 270 g/mol. The van der Waals surface area contributed by atoms with E-state index < -0.39 is 0 Å². The van der Waals surface area contributed by atoms with Gasteiger partial charge in [-0.05, 0) is 26.0 Å². The lowest BCUT2D eigenvalue weighted by Gasteiger charge is -2.10. The monoisotopic (exact) mass is 289 g/mol. The molecule has 0 saturated carbocycles. The van der Waals surface area contributed by atoms with E-state index in [0.717, 1.165) is 29.8 Å². The molecule has 6 heteroatoms. The van der Waals surface area contributed by atoms with Gasteiger partial charge in [-0.1, -0.05) is 6.07 Å². The maximum absolute atomic E-state index is 4.52. The quantitative estimate of drug-likeness (QED) is 0.653. The number of hydrogen-bond acceptors (Lipinski definition) is 4. The molecule has 0 aliphatic rings. The standard InChI is InChI=1S/C14H19N5S/c1-3-15-14(18-8-12-6-4-5-7-16-12)19-10-13-9-17-11(2)20-13/h4-7,9H,3,8,10H2,1-2H3,(H2,15,18,19). The molecule has 2 rings (SSSR count). The maximum atomic E-state index is 4.52. The molecule has 0 fully saturated rings. The second-order valence-electron chi connectivity index (χ2n) is 4.22. The van der Waals surface area contributed by atoms with Gasteiger partial charge < -0.3 is 10.6 Å². The minimum atomic E-state index is 0.567. The fourth-order valence-electron chi connectivity index (χ4n) is 1.65. The first-order valence-electron chi connectivity index (χ1n) is 6.61. The second-order valence-corrected chi connectivity index (χ2v) is 5.53. The first kappa shape index (κ1) is 14.5. The molecule has 0 bridgehead atoms. The van der Waals surface area contributed by atoms with E-state index in [9.17, 15) is 0 Å². The van der Waals surface area contributed by atoms with Crippen molar-refractivity contribution in [1.82, 2.24) is 20.6 Å². The number of nitrogens with one attached hydrogen (secondary N) is 2. The summed E-state index contributed by atoms with van der Waals surface area (Å²) >= 11 is 1.69. The Morgan fingerprint density at radius 3 is 2.85 bits per heavy atom. The van der Waals surface area contributed by atoms with Gasteiger partial charge in [-0.15, -0.1) is 11.3 Å². The van der Waals surface area contributed by atoms with Crippen molar-refractivity contribution in [2.24, 2.45) is 4.99 Å². The van der Waals surface area contributed by atoms with Gasteiger partial charge in [0.1, 0.15) is 0 Å². The number of pyridine rings is 1. The zero-order chi connectivity index (χ0) is 14.2. The van der Waals surface area contributed by atoms with Crippen molar-refractivity contribution >= 4 is 17.3 Å². The molecule has 0 unspecified atom stereocenters. The topological polar surface area (TPSA) is 62.2 Å². The van der Waals surface area contributed by atoms with Crippen molar-refractivity contribution in [3.63, 3.8) is 0 Å². The summed E-state index contributed by atoms with van der Waals surface area (Å²) in [6.45, 7) is 6.19. The summed E-state index contributed by atoms with van der Waals surface area (Å²) in [7, 11) is 0. The Hall–Kier alpha value is -1.95. The maximum Gasteiger partial charge on any atom is 0.191 e. The Bertz CT molecular complexity index is 550. The number of thiazole rings is 1. The number of aryl methyl sites for hydroxylation is 1. The van der Waals surface area contributed by atoms with Crippen LogP contribution in [0, 0.1) is 6.92 Å². The molecule has 0 amide bonds. The van der Waals surface area contributed by atoms with Crippen LogP contribution in [-0.2, 0) is 13.1 Å². The van der Waals surface area contributed by atoms with Crippen LogP contribution in [0.4, 0.5) is 0 Å². The lowest BCUT2D eigenvalue weighted by molar-refractivity contribution is 0.818. The summed E-state index contributed by atoms with van der Waals surface area (Å²) < 4.78 is 0. The van der Waals surface area contributed by atoms with Crippen molar-refractivity contribution < 1.29 is 0 Å². The zero-order valence-electron chi connectivity index (χ0n) is 11.8. The summed E-state index contributed by atoms with van der Waals surface area (Å²) in [5, 5.41) is 7.61. The Morgan fingerprint density at radius 1 is 1.30 bits per heavy atom. The number of hydrogen-bond donors (Lipinski definition) is 2. The van der Waals surface area contributed by atoms with Gasteiger partial charge in [0.15, 0.2) is 5.96 Å². The fourth-order valence-corrected chi connectivity index (χ4v) is 2.39. The molecule has 106 valence electrons. The van der Waals surface area contributed by atoms with Crippen LogP contribution in [0.15, 0.2) is 35.6 Å². The molecule has 5 nitrogen and oxygen atoms in total. The number of aromatic nitrogens is 2. The van der Waals surface area contributed by atoms with Gasteiger partial charge in [-0.3, -0.25) is 4.98 Å². The van der Waals surface area contributed by atoms with Crippen LogP contribution in [0.25, 0.3) is 0 Å². The van der Waals surface area contributed by atoms with Crippen LogP contribution in [0.2, 0.25) is 0 Å². The number of rotatable bonds is 5. The molecule has 2 heterocycles. The van der Waals surface area contributed by atoms with Gasteiger partial charge >= 0.3 is 0 Å². The van der Waals surface area contributed by atoms with Crippen molar-refractivity contribution in [3.05, 3.63) is 46.2 Å². The Balaban J connectivity index is 1.92. The highest BCUT2D eigenvalue weighted by molar-refractivity contribution is 7.11. The van der Waals surface area contributed by atoms with E-state index in [2.05, 4.69) is 32.5 Å². The molecule has 0 saturated heterocycles. The van der Waals surface area contributed by atoms with Crippen LogP contribution < -0.4 is 10.6 Å². The van der Waals surface area contributed by atoms with E-state index in [4.69, 9.17) is 0 Å². The molecule has 2 N–H and O–H groups in total. The zero-order valence-corrected chi connectivity index (χ0v) is 12.6. The van der Waals surface area contributed by atoms with Crippen molar-refractivity contribution in [3.8, 4) is 0 Å². The SMILES string of the molecule is CCNC(=NCc1ccccn1)NCc1cnc(C)s1. The predicted octanol–water partition coefficient (Wildman–Crippen LogP) is 2.10. The van der Waals surface area contributed by atoms with Crippen molar-refractivity contribution in [2.75, 3.05) is 6.54 Å². The van der Waals surface area contributed by atoms with E-state index in [1.807, 2.05) is 31.3 Å². The van der Waals surface area contributed by atoms with Crippen LogP contribution in [0.1, 0.15) is 22.5 Å². The smallest absolute Gasteiger partial charge is 0.191 e. The summed E-state index contributed by atoms with van der Waals surface area (Å²) in [6.07, 6.45) is 3.68. The highest BCUT2D eigenvalue weighted by Crippen LogP contribution is 2.10. The van der Waals surface area contributed by atoms with Gasteiger partial charge in [0.2, 0.25) is 0 Å². The normalized spacial score (nSPS) is 11.4. The fraction of sp³-hybridized carbons (Fsp3) is 0.357. The molecule has 2 aromatic rings. The van der Waals surface area contributed by atoms with E-state index in [0.29, 0.717) is 6.54 Å². The molecule has 20 heavy (non-hydrogen) atoms. The predicted molar refractivity (Wildman–Crippen MR) is 82.7 cm³/mol. The van der Waals surface area contributed by atoms with Crippen LogP contribution in [0.3, 0.4) is 0 Å². The highest BCUT2D eigenvalue weighted by Gasteiger charge is 2.01. The summed E-state index contributed by atoms with van der Waals surface area (Å²) in [4.78, 5) is 14.2. The molecule has 0 spiro atoms. The largest absolute Gasteiger partial charge is 0.357 e. The van der Waals surface area contributed by atoms with Gasteiger partial charge in [0.25, 0.3) is 0 Å². The molecule has 0 aliphatic carbocycles. The average molecular weight is 289 g/mol. The molecule has 0 radical (unpaired) electrons. The average Bonchev–Trinajstić information content (AvgIpc) is 2.89. The van der Waals surface area contributed by atoms with E-state index in [1.54, 1.807) is 17.5 Å². The first-order valence-corrected chi connectivity index (χ1v) is 7.43. The second kappa shape index (κ2) is 7.59. The van der Waals surface area contributed by atoms with Crippen molar-refractivity contribution in [1.29, 1.82) is 0 Å². The number of nitrogens with zero attached hydrogens (tertiary/aromatic N) is 3. The molecular formula is C14H19N5S. The van der Waals surface area contributed by atoms with E-state index in [-0.39, 0.29) is 0 Å². The van der Waals surface area contributed by atoms with Gasteiger partial charge in [-0.25, -0.2) is 9.98 Å². The number of guanidine groups is 1. The summed E-state index contributed by atoms with van der Waals surface area (Å²) in [5.74, 6) is 0.796. The number of aliphatic imine (C=N–C) groups is 1. The highest BCUT2D eigenvalue weighted by atomic mass is 32.1.